The summed E-state index contributed by atoms with van der Waals surface area (Å²) >= 11 is 0. The van der Waals surface area contributed by atoms with Crippen LogP contribution in [0.15, 0.2) is 0 Å². The van der Waals surface area contributed by atoms with Crippen molar-refractivity contribution in [1.82, 2.24) is 0 Å². The summed E-state index contributed by atoms with van der Waals surface area (Å²) in [5, 5.41) is 112. The lowest BCUT2D eigenvalue weighted by Crippen LogP contribution is -2.67. The second-order valence-corrected chi connectivity index (χ2v) is 11.1. The maximum atomic E-state index is 11.7. The van der Waals surface area contributed by atoms with Crippen LogP contribution >= 0.6 is 0 Å². The minimum absolute atomic E-state index is 0.918. The van der Waals surface area contributed by atoms with Crippen LogP contribution in [0.2, 0.25) is 0 Å². The van der Waals surface area contributed by atoms with Crippen LogP contribution in [0.4, 0.5) is 0 Å². The van der Waals surface area contributed by atoms with Gasteiger partial charge in [0, 0.05) is 7.11 Å². The van der Waals surface area contributed by atoms with Crippen molar-refractivity contribution >= 4 is 5.97 Å². The van der Waals surface area contributed by atoms with Crippen molar-refractivity contribution in [2.45, 2.75) is 137 Å². The van der Waals surface area contributed by atoms with Gasteiger partial charge < -0.3 is 89.3 Å². The molecule has 11 N–H and O–H groups in total. The third-order valence-electron chi connectivity index (χ3n) is 7.89. The number of aliphatic hydroxyl groups excluding tert-OH is 10. The summed E-state index contributed by atoms with van der Waals surface area (Å²) in [6.45, 7) is 3.05. The fourth-order valence-electron chi connectivity index (χ4n) is 5.24. The first-order chi connectivity index (χ1) is 20.5. The Morgan fingerprint density at radius 2 is 1.32 bits per heavy atom. The fourth-order valence-corrected chi connectivity index (χ4v) is 5.24. The van der Waals surface area contributed by atoms with Crippen LogP contribution < -0.4 is 0 Å². The quantitative estimate of drug-likeness (QED) is 0.0937. The van der Waals surface area contributed by atoms with Gasteiger partial charge in [-0.2, -0.15) is 0 Å². The number of aliphatic carboxylic acids is 1. The van der Waals surface area contributed by atoms with Crippen LogP contribution in [-0.4, -0.2) is 192 Å². The van der Waals surface area contributed by atoms with Gasteiger partial charge in [-0.05, 0) is 20.8 Å². The SMILES string of the molecule is CO[C@H]1[C@H](O[C@H]2[C@@H](O[C@H]([C@@H](O)[C@@H](O)CO)[C@H](C)O)O[C@@H](C)[C@H](O[C@H]3O[C@@H](C)[C@H](O)[C@@H](O)[C@H]3O)[C@H]2O)O[C@H](C(=O)O)[C@@H](O)[C@@H]1O. The van der Waals surface area contributed by atoms with Gasteiger partial charge in [0.1, 0.15) is 73.2 Å². The molecule has 3 aliphatic rings. The Morgan fingerprint density at radius 3 is 1.86 bits per heavy atom. The molecular weight excluding hydrogens is 604 g/mol. The molecule has 19 heteroatoms. The zero-order valence-corrected chi connectivity index (χ0v) is 24.4. The van der Waals surface area contributed by atoms with Gasteiger partial charge in [0.25, 0.3) is 0 Å². The predicted molar refractivity (Wildman–Crippen MR) is 137 cm³/mol. The van der Waals surface area contributed by atoms with Gasteiger partial charge in [-0.15, -0.1) is 0 Å². The minimum Gasteiger partial charge on any atom is -0.479 e. The summed E-state index contributed by atoms with van der Waals surface area (Å²) in [6.07, 6.45) is -31.6. The molecule has 19 nitrogen and oxygen atoms in total. The van der Waals surface area contributed by atoms with Gasteiger partial charge in [-0.3, -0.25) is 0 Å². The summed E-state index contributed by atoms with van der Waals surface area (Å²) in [7, 11) is 1.09. The lowest BCUT2D eigenvalue weighted by atomic mass is 9.96. The molecule has 0 radical (unpaired) electrons. The highest BCUT2D eigenvalue weighted by Crippen LogP contribution is 2.34. The van der Waals surface area contributed by atoms with Crippen molar-refractivity contribution in [2.24, 2.45) is 0 Å². The molecule has 0 spiro atoms. The Balaban J connectivity index is 1.95. The van der Waals surface area contributed by atoms with E-state index in [0.29, 0.717) is 0 Å². The fraction of sp³-hybridized carbons (Fsp3) is 0.960. The average molecular weight is 649 g/mol. The van der Waals surface area contributed by atoms with E-state index in [1.54, 1.807) is 0 Å². The van der Waals surface area contributed by atoms with Crippen LogP contribution in [0.5, 0.6) is 0 Å². The highest BCUT2D eigenvalue weighted by molar-refractivity contribution is 5.73. The zero-order valence-electron chi connectivity index (χ0n) is 24.4. The first kappa shape index (κ1) is 37.2. The molecule has 0 aromatic heterocycles. The van der Waals surface area contributed by atoms with Crippen molar-refractivity contribution < 1.29 is 94.1 Å². The van der Waals surface area contributed by atoms with Crippen LogP contribution in [0.25, 0.3) is 0 Å². The molecule has 0 amide bonds. The Morgan fingerprint density at radius 1 is 0.727 bits per heavy atom. The molecule has 0 saturated carbocycles. The molecule has 3 aliphatic heterocycles. The van der Waals surface area contributed by atoms with Crippen LogP contribution in [0, 0.1) is 0 Å². The molecule has 44 heavy (non-hydrogen) atoms. The summed E-state index contributed by atoms with van der Waals surface area (Å²) < 4.78 is 39.1. The molecule has 258 valence electrons. The summed E-state index contributed by atoms with van der Waals surface area (Å²) in [6, 6.07) is 0. The number of aliphatic hydroxyl groups is 10. The number of hydrogen-bond acceptors (Lipinski definition) is 18. The molecule has 0 aliphatic carbocycles. The van der Waals surface area contributed by atoms with Gasteiger partial charge in [-0.25, -0.2) is 4.79 Å². The van der Waals surface area contributed by atoms with E-state index < -0.39 is 129 Å². The summed E-state index contributed by atoms with van der Waals surface area (Å²) in [5.74, 6) is -1.67. The van der Waals surface area contributed by atoms with E-state index in [1.165, 1.54) is 20.8 Å². The van der Waals surface area contributed by atoms with E-state index in [4.69, 9.17) is 33.2 Å². The molecule has 0 aromatic carbocycles. The number of rotatable bonds is 12. The topological polar surface area (TPSA) is 304 Å². The Hall–Kier alpha value is -1.21. The molecule has 0 unspecified atom stereocenters. The first-order valence-electron chi connectivity index (χ1n) is 14.0. The van der Waals surface area contributed by atoms with Gasteiger partial charge in [-0.1, -0.05) is 0 Å². The van der Waals surface area contributed by atoms with E-state index >= 15 is 0 Å². The Bertz CT molecular complexity index is 911. The first-order valence-corrected chi connectivity index (χ1v) is 14.0. The van der Waals surface area contributed by atoms with E-state index in [9.17, 15) is 61.0 Å². The molecule has 3 rings (SSSR count). The highest BCUT2D eigenvalue weighted by atomic mass is 16.8. The monoisotopic (exact) mass is 648 g/mol. The maximum absolute atomic E-state index is 11.7. The zero-order chi connectivity index (χ0) is 33.2. The van der Waals surface area contributed by atoms with Crippen molar-refractivity contribution in [3.63, 3.8) is 0 Å². The molecule has 0 aromatic rings. The lowest BCUT2D eigenvalue weighted by Gasteiger charge is -2.49. The van der Waals surface area contributed by atoms with Gasteiger partial charge >= 0.3 is 5.97 Å². The van der Waals surface area contributed by atoms with Crippen LogP contribution in [0.1, 0.15) is 20.8 Å². The largest absolute Gasteiger partial charge is 0.479 e. The van der Waals surface area contributed by atoms with E-state index in [-0.39, 0.29) is 0 Å². The Labute approximate surface area is 251 Å². The highest BCUT2D eigenvalue weighted by Gasteiger charge is 2.55. The smallest absolute Gasteiger partial charge is 0.335 e. The molecule has 3 saturated heterocycles. The number of carbonyl (C=O) groups is 1. The maximum Gasteiger partial charge on any atom is 0.335 e. The minimum atomic E-state index is -2.01. The third kappa shape index (κ3) is 7.83. The van der Waals surface area contributed by atoms with Gasteiger partial charge in [0.15, 0.2) is 25.0 Å². The second kappa shape index (κ2) is 15.6. The summed E-state index contributed by atoms with van der Waals surface area (Å²) in [5.41, 5.74) is 0. The van der Waals surface area contributed by atoms with Gasteiger partial charge in [0.05, 0.1) is 24.9 Å². The molecular formula is C25H44O19. The summed E-state index contributed by atoms with van der Waals surface area (Å²) in [4.78, 5) is 11.7. The van der Waals surface area contributed by atoms with Crippen molar-refractivity contribution in [3.05, 3.63) is 0 Å². The standard InChI is InChI=1S/C25H44O19/c1-6(27)17(11(30)9(28)5-26)41-25-21(44-24-20(38-4)14(33)13(32)19(43-24)22(36)37)16(35)18(8(3)40-25)42-23-15(34)12(31)10(29)7(2)39-23/h6-21,23-35H,5H2,1-4H3,(H,36,37)/t6-,7-,8-,9-,10-,11-,12+,13-,14-,15+,16+,17-,18-,19-,20+,21+,23+,24-,25+/m0/s1. The number of carboxylic acids is 1. The number of ether oxygens (including phenoxy) is 7. The second-order valence-electron chi connectivity index (χ2n) is 11.1. The van der Waals surface area contributed by atoms with Crippen molar-refractivity contribution in [3.8, 4) is 0 Å². The molecule has 0 bridgehead atoms. The number of hydrogen-bond donors (Lipinski definition) is 11. The van der Waals surface area contributed by atoms with Crippen molar-refractivity contribution in [1.29, 1.82) is 0 Å². The average Bonchev–Trinajstić information content (AvgIpc) is 2.97. The van der Waals surface area contributed by atoms with E-state index in [1.807, 2.05) is 0 Å². The number of methoxy groups -OCH3 is 1. The molecule has 3 fully saturated rings. The van der Waals surface area contributed by atoms with Crippen LogP contribution in [-0.2, 0) is 38.0 Å². The van der Waals surface area contributed by atoms with Crippen molar-refractivity contribution in [2.75, 3.05) is 13.7 Å². The van der Waals surface area contributed by atoms with E-state index in [0.717, 1.165) is 7.11 Å². The molecule has 3 heterocycles. The van der Waals surface area contributed by atoms with E-state index in [2.05, 4.69) is 0 Å². The van der Waals surface area contributed by atoms with Crippen LogP contribution in [0.3, 0.4) is 0 Å². The third-order valence-corrected chi connectivity index (χ3v) is 7.89. The predicted octanol–water partition coefficient (Wildman–Crippen LogP) is -6.28. The van der Waals surface area contributed by atoms with Gasteiger partial charge in [0.2, 0.25) is 0 Å². The lowest BCUT2D eigenvalue weighted by molar-refractivity contribution is -0.389. The Kier molecular flexibility index (Phi) is 13.2. The molecule has 19 atom stereocenters. The normalized spacial score (nSPS) is 46.2. The number of carboxylic acid groups (broad SMARTS) is 1.